The number of hydrogen-bond donors (Lipinski definition) is 1. The number of rotatable bonds is 0. The molecule has 0 saturated carbocycles. The first kappa shape index (κ1) is 9.60. The lowest BCUT2D eigenvalue weighted by atomic mass is 9.91. The summed E-state index contributed by atoms with van der Waals surface area (Å²) < 4.78 is 0.595. The molecule has 0 heterocycles. The van der Waals surface area contributed by atoms with E-state index in [1.165, 1.54) is 0 Å². The zero-order valence-electron chi connectivity index (χ0n) is 8.33. The van der Waals surface area contributed by atoms with Crippen molar-refractivity contribution >= 4 is 44.2 Å². The third-order valence-electron chi connectivity index (χ3n) is 2.85. The highest BCUT2D eigenvalue weighted by Crippen LogP contribution is 2.35. The van der Waals surface area contributed by atoms with Crippen LogP contribution in [0.4, 0.5) is 5.69 Å². The van der Waals surface area contributed by atoms with Gasteiger partial charge in [0, 0.05) is 22.0 Å². The predicted octanol–water partition coefficient (Wildman–Crippen LogP) is 3.35. The lowest BCUT2D eigenvalue weighted by molar-refractivity contribution is 0.104. The SMILES string of the molecule is Nc1ccc2c3c(cccc13)C=C(Br)C2=O. The highest BCUT2D eigenvalue weighted by atomic mass is 79.9. The van der Waals surface area contributed by atoms with Crippen molar-refractivity contribution in [3.8, 4) is 0 Å². The van der Waals surface area contributed by atoms with Crippen LogP contribution in [0.2, 0.25) is 0 Å². The number of anilines is 1. The predicted molar refractivity (Wildman–Crippen MR) is 69.6 cm³/mol. The molecule has 78 valence electrons. The van der Waals surface area contributed by atoms with Crippen molar-refractivity contribution < 1.29 is 4.79 Å². The van der Waals surface area contributed by atoms with Gasteiger partial charge in [0.25, 0.3) is 0 Å². The minimum atomic E-state index is 0.0173. The van der Waals surface area contributed by atoms with E-state index in [1.54, 1.807) is 12.1 Å². The van der Waals surface area contributed by atoms with E-state index in [1.807, 2.05) is 24.3 Å². The van der Waals surface area contributed by atoms with Crippen molar-refractivity contribution in [1.82, 2.24) is 0 Å². The van der Waals surface area contributed by atoms with Crippen molar-refractivity contribution in [2.24, 2.45) is 0 Å². The maximum Gasteiger partial charge on any atom is 0.200 e. The second kappa shape index (κ2) is 3.19. The van der Waals surface area contributed by atoms with Gasteiger partial charge in [-0.05, 0) is 39.7 Å². The Morgan fingerprint density at radius 3 is 2.75 bits per heavy atom. The number of ketones is 1. The molecular formula is C13H8BrNO. The average Bonchev–Trinajstić information content (AvgIpc) is 2.28. The molecule has 2 aromatic carbocycles. The molecule has 0 radical (unpaired) electrons. The Kier molecular flexibility index (Phi) is 1.91. The molecule has 3 rings (SSSR count). The fourth-order valence-electron chi connectivity index (χ4n) is 2.10. The molecule has 0 aliphatic heterocycles. The summed E-state index contributed by atoms with van der Waals surface area (Å²) in [7, 11) is 0. The van der Waals surface area contributed by atoms with Gasteiger partial charge in [-0.2, -0.15) is 0 Å². The van der Waals surface area contributed by atoms with Crippen LogP contribution in [0.3, 0.4) is 0 Å². The lowest BCUT2D eigenvalue weighted by Gasteiger charge is -2.14. The second-order valence-corrected chi connectivity index (χ2v) is 4.65. The van der Waals surface area contributed by atoms with Crippen LogP contribution in [0.1, 0.15) is 15.9 Å². The molecular weight excluding hydrogens is 266 g/mol. The van der Waals surface area contributed by atoms with Gasteiger partial charge >= 0.3 is 0 Å². The molecule has 0 bridgehead atoms. The molecule has 0 aromatic heterocycles. The van der Waals surface area contributed by atoms with E-state index in [0.717, 1.165) is 16.3 Å². The first-order valence-electron chi connectivity index (χ1n) is 4.91. The van der Waals surface area contributed by atoms with Crippen molar-refractivity contribution in [2.45, 2.75) is 0 Å². The number of Topliss-reactive ketones (excluding diaryl/α,β-unsaturated/α-hetero) is 1. The van der Waals surface area contributed by atoms with Crippen LogP contribution < -0.4 is 5.73 Å². The molecule has 16 heavy (non-hydrogen) atoms. The van der Waals surface area contributed by atoms with Crippen LogP contribution in [-0.4, -0.2) is 5.78 Å². The molecule has 2 N–H and O–H groups in total. The number of nitrogen functional groups attached to an aromatic ring is 1. The fourth-order valence-corrected chi connectivity index (χ4v) is 2.56. The van der Waals surface area contributed by atoms with E-state index in [-0.39, 0.29) is 5.78 Å². The van der Waals surface area contributed by atoms with Crippen LogP contribution in [-0.2, 0) is 0 Å². The summed E-state index contributed by atoms with van der Waals surface area (Å²) >= 11 is 3.29. The van der Waals surface area contributed by atoms with E-state index in [0.29, 0.717) is 15.7 Å². The van der Waals surface area contributed by atoms with Gasteiger partial charge in [0.1, 0.15) is 0 Å². The molecule has 0 amide bonds. The van der Waals surface area contributed by atoms with Gasteiger partial charge in [-0.15, -0.1) is 0 Å². The number of carbonyl (C=O) groups excluding carboxylic acids is 1. The Morgan fingerprint density at radius 1 is 1.12 bits per heavy atom. The van der Waals surface area contributed by atoms with E-state index in [9.17, 15) is 4.79 Å². The summed E-state index contributed by atoms with van der Waals surface area (Å²) in [5.41, 5.74) is 8.37. The summed E-state index contributed by atoms with van der Waals surface area (Å²) in [6.45, 7) is 0. The van der Waals surface area contributed by atoms with Gasteiger partial charge in [-0.3, -0.25) is 4.79 Å². The van der Waals surface area contributed by atoms with Crippen LogP contribution in [0.5, 0.6) is 0 Å². The monoisotopic (exact) mass is 273 g/mol. The van der Waals surface area contributed by atoms with Crippen molar-refractivity contribution in [3.05, 3.63) is 45.9 Å². The van der Waals surface area contributed by atoms with E-state index < -0.39 is 0 Å². The summed E-state index contributed by atoms with van der Waals surface area (Å²) in [5, 5.41) is 1.90. The Bertz CT molecular complexity index is 658. The Balaban J connectivity index is 2.56. The maximum absolute atomic E-state index is 12.0. The van der Waals surface area contributed by atoms with E-state index in [2.05, 4.69) is 15.9 Å². The van der Waals surface area contributed by atoms with Crippen LogP contribution in [0, 0.1) is 0 Å². The number of allylic oxidation sites excluding steroid dienone is 1. The van der Waals surface area contributed by atoms with Crippen LogP contribution in [0.15, 0.2) is 34.8 Å². The number of halogens is 1. The molecule has 1 aliphatic rings. The third-order valence-corrected chi connectivity index (χ3v) is 3.44. The molecule has 3 heteroatoms. The summed E-state index contributed by atoms with van der Waals surface area (Å²) in [6.07, 6.45) is 1.84. The van der Waals surface area contributed by atoms with Gasteiger partial charge < -0.3 is 5.73 Å². The summed E-state index contributed by atoms with van der Waals surface area (Å²) in [4.78, 5) is 12.0. The molecule has 1 aliphatic carbocycles. The standard InChI is InChI=1S/C13H8BrNO/c14-10-6-7-2-1-3-8-11(15)5-4-9(12(7)8)13(10)16/h1-6H,15H2. The fraction of sp³-hybridized carbons (Fsp3) is 0. The lowest BCUT2D eigenvalue weighted by Crippen LogP contribution is -2.06. The molecule has 2 aromatic rings. The highest BCUT2D eigenvalue weighted by Gasteiger charge is 2.20. The largest absolute Gasteiger partial charge is 0.398 e. The van der Waals surface area contributed by atoms with Gasteiger partial charge in [0.15, 0.2) is 0 Å². The zero-order chi connectivity index (χ0) is 11.3. The first-order chi connectivity index (χ1) is 7.68. The molecule has 0 saturated heterocycles. The van der Waals surface area contributed by atoms with Gasteiger partial charge in [0.2, 0.25) is 5.78 Å². The number of nitrogens with two attached hydrogens (primary N) is 1. The highest BCUT2D eigenvalue weighted by molar-refractivity contribution is 9.12. The quantitative estimate of drug-likeness (QED) is 0.748. The molecule has 0 fully saturated rings. The third kappa shape index (κ3) is 1.15. The molecule has 0 spiro atoms. The van der Waals surface area contributed by atoms with E-state index in [4.69, 9.17) is 5.73 Å². The van der Waals surface area contributed by atoms with Gasteiger partial charge in [0.05, 0.1) is 4.48 Å². The topological polar surface area (TPSA) is 43.1 Å². The Hall–Kier alpha value is -1.61. The zero-order valence-corrected chi connectivity index (χ0v) is 9.91. The minimum absolute atomic E-state index is 0.0173. The van der Waals surface area contributed by atoms with Crippen molar-refractivity contribution in [1.29, 1.82) is 0 Å². The number of hydrogen-bond acceptors (Lipinski definition) is 2. The summed E-state index contributed by atoms with van der Waals surface area (Å²) in [5.74, 6) is 0.0173. The minimum Gasteiger partial charge on any atom is -0.398 e. The number of carbonyl (C=O) groups is 1. The average molecular weight is 274 g/mol. The van der Waals surface area contributed by atoms with Crippen molar-refractivity contribution in [3.63, 3.8) is 0 Å². The normalized spacial score (nSPS) is 14.1. The Labute approximate surface area is 101 Å². The van der Waals surface area contributed by atoms with Gasteiger partial charge in [-0.1, -0.05) is 18.2 Å². The van der Waals surface area contributed by atoms with Gasteiger partial charge in [-0.25, -0.2) is 0 Å². The Morgan fingerprint density at radius 2 is 1.94 bits per heavy atom. The smallest absolute Gasteiger partial charge is 0.200 e. The van der Waals surface area contributed by atoms with Crippen LogP contribution >= 0.6 is 15.9 Å². The first-order valence-corrected chi connectivity index (χ1v) is 5.71. The van der Waals surface area contributed by atoms with Crippen molar-refractivity contribution in [2.75, 3.05) is 5.73 Å². The maximum atomic E-state index is 12.0. The molecule has 0 unspecified atom stereocenters. The van der Waals surface area contributed by atoms with Crippen LogP contribution in [0.25, 0.3) is 16.8 Å². The molecule has 0 atom stereocenters. The van der Waals surface area contributed by atoms with E-state index >= 15 is 0 Å². The molecule has 2 nitrogen and oxygen atoms in total. The number of benzene rings is 2. The second-order valence-electron chi connectivity index (χ2n) is 3.79. The summed E-state index contributed by atoms with van der Waals surface area (Å²) in [6, 6.07) is 9.45.